The van der Waals surface area contributed by atoms with Crippen LogP contribution in [-0.2, 0) is 6.54 Å². The highest BCUT2D eigenvalue weighted by Gasteiger charge is 2.21. The fourth-order valence-corrected chi connectivity index (χ4v) is 3.95. The maximum atomic E-state index is 5.03. The Balaban J connectivity index is 1.43. The van der Waals surface area contributed by atoms with Gasteiger partial charge in [-0.3, -0.25) is 9.30 Å². The molecule has 5 rings (SSSR count). The van der Waals surface area contributed by atoms with Crippen molar-refractivity contribution in [2.75, 3.05) is 31.1 Å². The van der Waals surface area contributed by atoms with Crippen molar-refractivity contribution >= 4 is 22.5 Å². The molecular weight excluding hydrogens is 334 g/mol. The smallest absolute Gasteiger partial charge is 0.163 e. The maximum absolute atomic E-state index is 5.03. The Morgan fingerprint density at radius 3 is 2.56 bits per heavy atom. The van der Waals surface area contributed by atoms with Gasteiger partial charge in [-0.2, -0.15) is 0 Å². The first-order valence-corrected chi connectivity index (χ1v) is 9.53. The van der Waals surface area contributed by atoms with E-state index >= 15 is 0 Å². The predicted molar refractivity (Wildman–Crippen MR) is 109 cm³/mol. The van der Waals surface area contributed by atoms with E-state index in [1.54, 1.807) is 0 Å². The standard InChI is InChI=1S/C22H23N5/c1-17-9-10-23-22-20(17)24-21(19-8-5-11-27(19)22)26-14-12-25(13-15-26)16-18-6-3-2-4-7-18/h2-11H,12-16H2,1H3. The minimum Gasteiger partial charge on any atom is -0.352 e. The van der Waals surface area contributed by atoms with Gasteiger partial charge >= 0.3 is 0 Å². The number of aromatic nitrogens is 3. The molecule has 1 aliphatic rings. The summed E-state index contributed by atoms with van der Waals surface area (Å²) in [5.74, 6) is 1.07. The van der Waals surface area contributed by atoms with Crippen molar-refractivity contribution in [2.24, 2.45) is 0 Å². The number of hydrogen-bond acceptors (Lipinski definition) is 4. The fourth-order valence-electron chi connectivity index (χ4n) is 3.95. The summed E-state index contributed by atoms with van der Waals surface area (Å²) in [6.07, 6.45) is 3.95. The van der Waals surface area contributed by atoms with E-state index in [0.717, 1.165) is 55.2 Å². The molecule has 136 valence electrons. The van der Waals surface area contributed by atoms with Crippen molar-refractivity contribution < 1.29 is 0 Å². The van der Waals surface area contributed by atoms with E-state index in [2.05, 4.69) is 74.8 Å². The second-order valence-electron chi connectivity index (χ2n) is 7.25. The van der Waals surface area contributed by atoms with Gasteiger partial charge in [-0.05, 0) is 36.2 Å². The summed E-state index contributed by atoms with van der Waals surface area (Å²) in [7, 11) is 0. The normalized spacial score (nSPS) is 15.7. The second kappa shape index (κ2) is 6.67. The van der Waals surface area contributed by atoms with Gasteiger partial charge in [0.15, 0.2) is 11.5 Å². The molecule has 4 heterocycles. The molecule has 0 spiro atoms. The van der Waals surface area contributed by atoms with Crippen molar-refractivity contribution in [3.8, 4) is 0 Å². The molecule has 0 bridgehead atoms. The van der Waals surface area contributed by atoms with E-state index in [4.69, 9.17) is 4.98 Å². The van der Waals surface area contributed by atoms with Crippen molar-refractivity contribution in [3.05, 3.63) is 72.1 Å². The molecule has 5 heteroatoms. The zero-order chi connectivity index (χ0) is 18.2. The summed E-state index contributed by atoms with van der Waals surface area (Å²) in [6, 6.07) is 17.0. The molecule has 5 nitrogen and oxygen atoms in total. The van der Waals surface area contributed by atoms with Crippen LogP contribution in [0.1, 0.15) is 11.1 Å². The summed E-state index contributed by atoms with van der Waals surface area (Å²) in [6.45, 7) is 7.20. The molecule has 0 N–H and O–H groups in total. The molecule has 0 saturated carbocycles. The van der Waals surface area contributed by atoms with Crippen molar-refractivity contribution in [1.29, 1.82) is 0 Å². The Morgan fingerprint density at radius 2 is 1.74 bits per heavy atom. The SMILES string of the molecule is Cc1ccnc2c1nc(N1CCN(Cc3ccccc3)CC1)c1cccn12. The van der Waals surface area contributed by atoms with E-state index in [1.165, 1.54) is 11.1 Å². The highest BCUT2D eigenvalue weighted by atomic mass is 15.3. The molecule has 0 atom stereocenters. The molecule has 1 aromatic carbocycles. The average Bonchev–Trinajstić information content (AvgIpc) is 3.20. The molecule has 0 amide bonds. The maximum Gasteiger partial charge on any atom is 0.163 e. The molecule has 3 aromatic heterocycles. The third-order valence-corrected chi connectivity index (χ3v) is 5.45. The summed E-state index contributed by atoms with van der Waals surface area (Å²) < 4.78 is 2.17. The van der Waals surface area contributed by atoms with Gasteiger partial charge in [-0.1, -0.05) is 30.3 Å². The van der Waals surface area contributed by atoms with Crippen LogP contribution in [0, 0.1) is 6.92 Å². The van der Waals surface area contributed by atoms with Crippen LogP contribution in [0.5, 0.6) is 0 Å². The van der Waals surface area contributed by atoms with E-state index in [1.807, 2.05) is 12.3 Å². The van der Waals surface area contributed by atoms with Gasteiger partial charge in [0.05, 0.1) is 5.52 Å². The summed E-state index contributed by atoms with van der Waals surface area (Å²) in [4.78, 5) is 14.5. The molecule has 1 fully saturated rings. The van der Waals surface area contributed by atoms with E-state index in [-0.39, 0.29) is 0 Å². The minimum atomic E-state index is 0.932. The van der Waals surface area contributed by atoms with E-state index in [0.29, 0.717) is 0 Å². The molecule has 1 aliphatic heterocycles. The van der Waals surface area contributed by atoms with Crippen LogP contribution in [0.25, 0.3) is 16.7 Å². The predicted octanol–water partition coefficient (Wildman–Crippen LogP) is 3.51. The van der Waals surface area contributed by atoms with Crippen LogP contribution < -0.4 is 4.90 Å². The summed E-state index contributed by atoms with van der Waals surface area (Å²) >= 11 is 0. The summed E-state index contributed by atoms with van der Waals surface area (Å²) in [5, 5.41) is 0. The van der Waals surface area contributed by atoms with Gasteiger partial charge in [-0.25, -0.2) is 9.97 Å². The Morgan fingerprint density at radius 1 is 0.926 bits per heavy atom. The van der Waals surface area contributed by atoms with Crippen molar-refractivity contribution in [3.63, 3.8) is 0 Å². The van der Waals surface area contributed by atoms with Crippen LogP contribution in [0.4, 0.5) is 5.82 Å². The van der Waals surface area contributed by atoms with Crippen molar-refractivity contribution in [1.82, 2.24) is 19.3 Å². The lowest BCUT2D eigenvalue weighted by molar-refractivity contribution is 0.249. The van der Waals surface area contributed by atoms with Crippen LogP contribution in [-0.4, -0.2) is 45.4 Å². The first kappa shape index (κ1) is 16.3. The molecule has 1 saturated heterocycles. The van der Waals surface area contributed by atoms with Gasteiger partial charge in [0.2, 0.25) is 0 Å². The Labute approximate surface area is 158 Å². The largest absolute Gasteiger partial charge is 0.352 e. The highest BCUT2D eigenvalue weighted by molar-refractivity contribution is 5.84. The zero-order valence-corrected chi connectivity index (χ0v) is 15.5. The topological polar surface area (TPSA) is 36.7 Å². The molecule has 27 heavy (non-hydrogen) atoms. The minimum absolute atomic E-state index is 0.932. The number of piperazine rings is 1. The fraction of sp³-hybridized carbons (Fsp3) is 0.273. The summed E-state index contributed by atoms with van der Waals surface area (Å²) in [5.41, 5.74) is 5.60. The number of aryl methyl sites for hydroxylation is 1. The third-order valence-electron chi connectivity index (χ3n) is 5.45. The number of hydrogen-bond donors (Lipinski definition) is 0. The monoisotopic (exact) mass is 357 g/mol. The van der Waals surface area contributed by atoms with E-state index < -0.39 is 0 Å². The third kappa shape index (κ3) is 2.94. The number of nitrogens with zero attached hydrogens (tertiary/aromatic N) is 5. The van der Waals surface area contributed by atoms with Crippen LogP contribution in [0.15, 0.2) is 60.9 Å². The van der Waals surface area contributed by atoms with Crippen molar-refractivity contribution in [2.45, 2.75) is 13.5 Å². The van der Waals surface area contributed by atoms with Crippen LogP contribution in [0.3, 0.4) is 0 Å². The molecule has 4 aromatic rings. The molecule has 0 aliphatic carbocycles. The number of fused-ring (bicyclic) bond motifs is 3. The Hall–Kier alpha value is -2.92. The number of pyridine rings is 1. The highest BCUT2D eigenvalue weighted by Crippen LogP contribution is 2.26. The first-order valence-electron chi connectivity index (χ1n) is 9.53. The lowest BCUT2D eigenvalue weighted by Crippen LogP contribution is -2.46. The van der Waals surface area contributed by atoms with Gasteiger partial charge in [0.25, 0.3) is 0 Å². The van der Waals surface area contributed by atoms with Gasteiger partial charge in [0.1, 0.15) is 5.52 Å². The number of anilines is 1. The van der Waals surface area contributed by atoms with Gasteiger partial charge in [-0.15, -0.1) is 0 Å². The van der Waals surface area contributed by atoms with Crippen LogP contribution in [0.2, 0.25) is 0 Å². The lowest BCUT2D eigenvalue weighted by Gasteiger charge is -2.35. The molecule has 0 radical (unpaired) electrons. The molecular formula is C22H23N5. The second-order valence-corrected chi connectivity index (χ2v) is 7.25. The molecule has 0 unspecified atom stereocenters. The van der Waals surface area contributed by atoms with Crippen LogP contribution >= 0.6 is 0 Å². The van der Waals surface area contributed by atoms with Gasteiger partial charge in [0, 0.05) is 45.1 Å². The number of benzene rings is 1. The first-order chi connectivity index (χ1) is 13.3. The average molecular weight is 357 g/mol. The zero-order valence-electron chi connectivity index (χ0n) is 15.5. The van der Waals surface area contributed by atoms with Gasteiger partial charge < -0.3 is 4.90 Å². The van der Waals surface area contributed by atoms with E-state index in [9.17, 15) is 0 Å². The Kier molecular flexibility index (Phi) is 4.02. The number of rotatable bonds is 3. The quantitative estimate of drug-likeness (QED) is 0.562. The Bertz CT molecular complexity index is 1080. The lowest BCUT2D eigenvalue weighted by atomic mass is 10.2.